The Hall–Kier alpha value is -4.78. The molecule has 1 heterocycles. The summed E-state index contributed by atoms with van der Waals surface area (Å²) in [6.45, 7) is 1.12. The van der Waals surface area contributed by atoms with E-state index >= 15 is 0 Å². The second-order valence-electron chi connectivity index (χ2n) is 10.7. The predicted molar refractivity (Wildman–Crippen MR) is 153 cm³/mol. The van der Waals surface area contributed by atoms with Crippen LogP contribution < -0.4 is 5.32 Å². The summed E-state index contributed by atoms with van der Waals surface area (Å²) in [4.78, 5) is 39.7. The van der Waals surface area contributed by atoms with Crippen LogP contribution in [-0.2, 0) is 24.3 Å². The van der Waals surface area contributed by atoms with Crippen LogP contribution in [0.5, 0.6) is 0 Å². The van der Waals surface area contributed by atoms with E-state index in [4.69, 9.17) is 0 Å². The summed E-state index contributed by atoms with van der Waals surface area (Å²) >= 11 is 0. The van der Waals surface area contributed by atoms with Gasteiger partial charge in [-0.2, -0.15) is 0 Å². The van der Waals surface area contributed by atoms with Crippen LogP contribution in [0.3, 0.4) is 0 Å². The fourth-order valence-corrected chi connectivity index (χ4v) is 5.81. The third-order valence-electron chi connectivity index (χ3n) is 8.12. The van der Waals surface area contributed by atoms with E-state index in [1.54, 1.807) is 23.1 Å². The number of halogens is 1. The molecule has 0 radical (unpaired) electrons. The van der Waals surface area contributed by atoms with E-state index in [-0.39, 0.29) is 29.2 Å². The van der Waals surface area contributed by atoms with E-state index in [0.29, 0.717) is 31.6 Å². The minimum absolute atomic E-state index is 0.0147. The van der Waals surface area contributed by atoms with Crippen LogP contribution in [0.2, 0.25) is 0 Å². The molecular formula is C34H29FN2O4. The topological polar surface area (TPSA) is 86.7 Å². The van der Waals surface area contributed by atoms with Crippen molar-refractivity contribution in [3.63, 3.8) is 0 Å². The lowest BCUT2D eigenvalue weighted by Crippen LogP contribution is -2.37. The molecule has 4 aromatic rings. The minimum Gasteiger partial charge on any atom is -0.478 e. The van der Waals surface area contributed by atoms with Crippen molar-refractivity contribution in [2.45, 2.75) is 31.8 Å². The molecule has 6 rings (SSSR count). The second kappa shape index (κ2) is 11.0. The summed E-state index contributed by atoms with van der Waals surface area (Å²) in [7, 11) is 0. The van der Waals surface area contributed by atoms with Crippen LogP contribution in [0, 0.1) is 11.7 Å². The van der Waals surface area contributed by atoms with E-state index in [2.05, 4.69) is 17.4 Å². The molecule has 7 heteroatoms. The van der Waals surface area contributed by atoms with E-state index in [1.165, 1.54) is 29.8 Å². The Morgan fingerprint density at radius 1 is 0.878 bits per heavy atom. The quantitative estimate of drug-likeness (QED) is 0.305. The van der Waals surface area contributed by atoms with Gasteiger partial charge in [0.1, 0.15) is 5.82 Å². The summed E-state index contributed by atoms with van der Waals surface area (Å²) < 4.78 is 13.5. The molecule has 41 heavy (non-hydrogen) atoms. The lowest BCUT2D eigenvalue weighted by molar-refractivity contribution is -0.122. The predicted octanol–water partition coefficient (Wildman–Crippen LogP) is 5.81. The smallest absolute Gasteiger partial charge is 0.335 e. The van der Waals surface area contributed by atoms with Gasteiger partial charge in [0, 0.05) is 31.1 Å². The molecule has 4 aromatic carbocycles. The summed E-state index contributed by atoms with van der Waals surface area (Å²) in [5.41, 5.74) is 6.39. The van der Waals surface area contributed by atoms with Gasteiger partial charge in [-0.05, 0) is 88.5 Å². The van der Waals surface area contributed by atoms with Gasteiger partial charge in [0.05, 0.1) is 5.56 Å². The second-order valence-corrected chi connectivity index (χ2v) is 10.7. The molecule has 0 bridgehead atoms. The van der Waals surface area contributed by atoms with Crippen LogP contribution in [0.1, 0.15) is 55.3 Å². The fourth-order valence-electron chi connectivity index (χ4n) is 5.81. The molecule has 206 valence electrons. The number of carbonyl (C=O) groups is 3. The molecule has 1 aliphatic carbocycles. The third kappa shape index (κ3) is 5.48. The highest BCUT2D eigenvalue weighted by Gasteiger charge is 2.43. The number of aromatic carboxylic acids is 1. The molecule has 0 aromatic heterocycles. The van der Waals surface area contributed by atoms with Crippen molar-refractivity contribution in [2.75, 3.05) is 6.54 Å². The first kappa shape index (κ1) is 26.4. The van der Waals surface area contributed by atoms with Crippen LogP contribution in [0.25, 0.3) is 11.1 Å². The standard InChI is InChI=1S/C34H29FN2O4/c35-26-12-9-22(10-13-26)33(39)37-16-15-28-27(23-7-4-8-24(17-23)34(40)41)14-11-25(31(28)20-37)19-36-32(38)30-18-29(30)21-5-2-1-3-6-21/h1-14,17,29-30H,15-16,18-20H2,(H,36,38)(H,40,41)/t29-,30-/m1/s1. The van der Waals surface area contributed by atoms with Gasteiger partial charge in [0.15, 0.2) is 0 Å². The number of rotatable bonds is 7. The Bertz CT molecular complexity index is 1630. The Morgan fingerprint density at radius 2 is 1.66 bits per heavy atom. The van der Waals surface area contributed by atoms with Gasteiger partial charge in [-0.25, -0.2) is 9.18 Å². The molecule has 1 fully saturated rings. The zero-order valence-electron chi connectivity index (χ0n) is 22.3. The Labute approximate surface area is 237 Å². The molecule has 6 nitrogen and oxygen atoms in total. The van der Waals surface area contributed by atoms with E-state index in [1.807, 2.05) is 36.4 Å². The van der Waals surface area contributed by atoms with Crippen molar-refractivity contribution in [3.8, 4) is 11.1 Å². The number of nitrogens with one attached hydrogen (secondary N) is 1. The normalized spacial score (nSPS) is 17.4. The van der Waals surface area contributed by atoms with Crippen LogP contribution in [0.15, 0.2) is 91.0 Å². The SMILES string of the molecule is O=C(O)c1cccc(-c2ccc(CNC(=O)[C@@H]3C[C@@H]3c3ccccc3)c3c2CCN(C(=O)c2ccc(F)cc2)C3)c1. The van der Waals surface area contributed by atoms with Crippen molar-refractivity contribution >= 4 is 17.8 Å². The number of carbonyl (C=O) groups excluding carboxylic acids is 2. The molecule has 0 unspecified atom stereocenters. The van der Waals surface area contributed by atoms with Crippen molar-refractivity contribution in [2.24, 2.45) is 5.92 Å². The average Bonchev–Trinajstić information content (AvgIpc) is 3.81. The molecule has 2 aliphatic rings. The van der Waals surface area contributed by atoms with Crippen molar-refractivity contribution in [1.82, 2.24) is 10.2 Å². The molecule has 2 atom stereocenters. The molecule has 0 saturated heterocycles. The summed E-state index contributed by atoms with van der Waals surface area (Å²) in [6, 6.07) is 26.3. The monoisotopic (exact) mass is 548 g/mol. The Kier molecular flexibility index (Phi) is 7.10. The highest BCUT2D eigenvalue weighted by atomic mass is 19.1. The molecule has 1 aliphatic heterocycles. The number of benzene rings is 4. The van der Waals surface area contributed by atoms with Gasteiger partial charge in [-0.15, -0.1) is 0 Å². The summed E-state index contributed by atoms with van der Waals surface area (Å²) in [5.74, 6) is -1.39. The highest BCUT2D eigenvalue weighted by molar-refractivity contribution is 5.94. The van der Waals surface area contributed by atoms with E-state index in [9.17, 15) is 23.9 Å². The maximum Gasteiger partial charge on any atom is 0.335 e. The Balaban J connectivity index is 1.28. The average molecular weight is 549 g/mol. The Morgan fingerprint density at radius 3 is 2.41 bits per heavy atom. The lowest BCUT2D eigenvalue weighted by Gasteiger charge is -2.32. The summed E-state index contributed by atoms with van der Waals surface area (Å²) in [5, 5.41) is 12.6. The van der Waals surface area contributed by atoms with Crippen LogP contribution in [0.4, 0.5) is 4.39 Å². The summed E-state index contributed by atoms with van der Waals surface area (Å²) in [6.07, 6.45) is 1.39. The third-order valence-corrected chi connectivity index (χ3v) is 8.12. The van der Waals surface area contributed by atoms with Crippen LogP contribution >= 0.6 is 0 Å². The van der Waals surface area contributed by atoms with Crippen molar-refractivity contribution in [3.05, 3.63) is 130 Å². The van der Waals surface area contributed by atoms with E-state index < -0.39 is 11.8 Å². The van der Waals surface area contributed by atoms with Gasteiger partial charge in [-0.1, -0.05) is 54.6 Å². The first-order valence-corrected chi connectivity index (χ1v) is 13.7. The number of amides is 2. The van der Waals surface area contributed by atoms with Crippen molar-refractivity contribution in [1.29, 1.82) is 0 Å². The number of fused-ring (bicyclic) bond motifs is 1. The molecule has 2 N–H and O–H groups in total. The highest BCUT2D eigenvalue weighted by Crippen LogP contribution is 2.47. The zero-order chi connectivity index (χ0) is 28.5. The molecular weight excluding hydrogens is 519 g/mol. The molecule has 1 saturated carbocycles. The zero-order valence-corrected chi connectivity index (χ0v) is 22.3. The number of hydrogen-bond donors (Lipinski definition) is 2. The lowest BCUT2D eigenvalue weighted by atomic mass is 9.87. The maximum absolute atomic E-state index is 13.5. The molecule has 0 spiro atoms. The van der Waals surface area contributed by atoms with Gasteiger partial charge in [0.25, 0.3) is 5.91 Å². The molecule has 2 amide bonds. The van der Waals surface area contributed by atoms with Crippen LogP contribution in [-0.4, -0.2) is 34.3 Å². The number of hydrogen-bond acceptors (Lipinski definition) is 3. The van der Waals surface area contributed by atoms with E-state index in [0.717, 1.165) is 34.2 Å². The van der Waals surface area contributed by atoms with Gasteiger partial charge in [-0.3, -0.25) is 9.59 Å². The largest absolute Gasteiger partial charge is 0.478 e. The number of carboxylic acid groups (broad SMARTS) is 1. The first-order valence-electron chi connectivity index (χ1n) is 13.7. The van der Waals surface area contributed by atoms with Gasteiger partial charge >= 0.3 is 5.97 Å². The minimum atomic E-state index is -0.995. The first-order chi connectivity index (χ1) is 19.9. The van der Waals surface area contributed by atoms with Gasteiger partial charge < -0.3 is 15.3 Å². The van der Waals surface area contributed by atoms with Crippen molar-refractivity contribution < 1.29 is 23.9 Å². The maximum atomic E-state index is 13.5. The van der Waals surface area contributed by atoms with Gasteiger partial charge in [0.2, 0.25) is 5.91 Å². The number of carboxylic acids is 1. The fraction of sp³-hybridized carbons (Fsp3) is 0.206. The number of nitrogens with zero attached hydrogens (tertiary/aromatic N) is 1.